The van der Waals surface area contributed by atoms with E-state index in [1.54, 1.807) is 0 Å². The summed E-state index contributed by atoms with van der Waals surface area (Å²) in [4.78, 5) is 2.43. The topological polar surface area (TPSA) is 8.17 Å². The molecule has 0 fully saturated rings. The SMILES string of the molecule is c1ccc(-c2ccc(-c3ccc(N(c4ccc(-c5cccc(-n6c7ccccc7c7ccccc76)c5)cc4)c4cccc(-c5ccccc5)c4-c4ccccc4-c4ccccc4)cc3)cc2)cc1. The van der Waals surface area contributed by atoms with Gasteiger partial charge in [-0.2, -0.15) is 0 Å². The molecule has 0 radical (unpaired) electrons. The third kappa shape index (κ3) is 7.54. The Morgan fingerprint density at radius 3 is 1.19 bits per heavy atom. The van der Waals surface area contributed by atoms with Crippen LogP contribution in [0.3, 0.4) is 0 Å². The number of fused-ring (bicyclic) bond motifs is 3. The lowest BCUT2D eigenvalue weighted by Gasteiger charge is -2.30. The number of aromatic nitrogens is 1. The van der Waals surface area contributed by atoms with Gasteiger partial charge in [0.2, 0.25) is 0 Å². The van der Waals surface area contributed by atoms with Gasteiger partial charge in [0.1, 0.15) is 0 Å². The maximum atomic E-state index is 2.43. The summed E-state index contributed by atoms with van der Waals surface area (Å²) in [6, 6.07) is 101. The quantitative estimate of drug-likeness (QED) is 0.133. The standard InChI is InChI=1S/C66H46N2/c1-4-18-47(19-5-1)48-34-36-49(37-35-48)50-38-42-55(43-39-50)67(65-33-17-30-59(53-22-8-3-9-23-53)66(65)62-29-11-10-26-58(62)52-20-6-2-7-21-52)56-44-40-51(41-45-56)54-24-16-25-57(46-54)68-63-31-14-12-27-60(63)61-28-13-15-32-64(61)68/h1-46H. The van der Waals surface area contributed by atoms with E-state index in [0.717, 1.165) is 33.9 Å². The smallest absolute Gasteiger partial charge is 0.0546 e. The van der Waals surface area contributed by atoms with Crippen molar-refractivity contribution in [1.82, 2.24) is 4.57 Å². The van der Waals surface area contributed by atoms with Crippen molar-refractivity contribution in [2.75, 3.05) is 4.90 Å². The molecule has 0 aliphatic heterocycles. The summed E-state index contributed by atoms with van der Waals surface area (Å²) in [6.45, 7) is 0. The molecule has 68 heavy (non-hydrogen) atoms. The van der Waals surface area contributed by atoms with Gasteiger partial charge in [-0.15, -0.1) is 0 Å². The predicted octanol–water partition coefficient (Wildman–Crippen LogP) is 18.3. The van der Waals surface area contributed by atoms with Gasteiger partial charge < -0.3 is 9.47 Å². The van der Waals surface area contributed by atoms with Crippen LogP contribution in [-0.4, -0.2) is 4.57 Å². The van der Waals surface area contributed by atoms with E-state index in [9.17, 15) is 0 Å². The van der Waals surface area contributed by atoms with E-state index >= 15 is 0 Å². The molecule has 0 aliphatic carbocycles. The first-order valence-corrected chi connectivity index (χ1v) is 23.3. The van der Waals surface area contributed by atoms with E-state index in [0.29, 0.717) is 0 Å². The van der Waals surface area contributed by atoms with E-state index in [1.165, 1.54) is 77.4 Å². The Labute approximate surface area is 397 Å². The highest BCUT2D eigenvalue weighted by Crippen LogP contribution is 2.48. The van der Waals surface area contributed by atoms with Crippen LogP contribution in [0, 0.1) is 0 Å². The number of para-hydroxylation sites is 2. The average molecular weight is 867 g/mol. The normalized spacial score (nSPS) is 11.2. The van der Waals surface area contributed by atoms with Crippen molar-refractivity contribution >= 4 is 38.9 Å². The summed E-state index contributed by atoms with van der Waals surface area (Å²) >= 11 is 0. The Balaban J connectivity index is 1.00. The van der Waals surface area contributed by atoms with Gasteiger partial charge in [-0.1, -0.05) is 224 Å². The number of hydrogen-bond acceptors (Lipinski definition) is 1. The van der Waals surface area contributed by atoms with Gasteiger partial charge in [0.05, 0.1) is 16.7 Å². The second kappa shape index (κ2) is 17.8. The zero-order valence-electron chi connectivity index (χ0n) is 37.5. The molecule has 0 unspecified atom stereocenters. The fourth-order valence-electron chi connectivity index (χ4n) is 9.98. The van der Waals surface area contributed by atoms with Gasteiger partial charge in [-0.3, -0.25) is 0 Å². The summed E-state index contributed by atoms with van der Waals surface area (Å²) in [5.74, 6) is 0. The molecule has 11 aromatic carbocycles. The Kier molecular flexibility index (Phi) is 10.6. The summed E-state index contributed by atoms with van der Waals surface area (Å²) < 4.78 is 2.39. The maximum absolute atomic E-state index is 2.43. The Hall–Kier alpha value is -8.98. The van der Waals surface area contributed by atoms with Crippen molar-refractivity contribution in [3.63, 3.8) is 0 Å². The first-order valence-electron chi connectivity index (χ1n) is 23.3. The Morgan fingerprint density at radius 1 is 0.250 bits per heavy atom. The van der Waals surface area contributed by atoms with Gasteiger partial charge in [-0.05, 0) is 116 Å². The Morgan fingerprint density at radius 2 is 0.632 bits per heavy atom. The molecular formula is C66H46N2. The molecule has 1 aromatic heterocycles. The number of rotatable bonds is 10. The minimum absolute atomic E-state index is 1.07. The van der Waals surface area contributed by atoms with Gasteiger partial charge in [-0.25, -0.2) is 0 Å². The largest absolute Gasteiger partial charge is 0.310 e. The lowest BCUT2D eigenvalue weighted by molar-refractivity contribution is 1.18. The van der Waals surface area contributed by atoms with E-state index in [2.05, 4.69) is 289 Å². The second-order valence-corrected chi connectivity index (χ2v) is 17.3. The second-order valence-electron chi connectivity index (χ2n) is 17.3. The highest BCUT2D eigenvalue weighted by atomic mass is 15.1. The van der Waals surface area contributed by atoms with Crippen molar-refractivity contribution < 1.29 is 0 Å². The molecule has 0 saturated heterocycles. The zero-order valence-corrected chi connectivity index (χ0v) is 37.5. The Bertz CT molecular complexity index is 3630. The van der Waals surface area contributed by atoms with Crippen molar-refractivity contribution in [2.24, 2.45) is 0 Å². The molecule has 2 heteroatoms. The minimum Gasteiger partial charge on any atom is -0.310 e. The van der Waals surface area contributed by atoms with Crippen LogP contribution in [-0.2, 0) is 0 Å². The molecule has 12 rings (SSSR count). The highest BCUT2D eigenvalue weighted by Gasteiger charge is 2.23. The fraction of sp³-hybridized carbons (Fsp3) is 0. The number of hydrogen-bond donors (Lipinski definition) is 0. The molecule has 0 bridgehead atoms. The van der Waals surface area contributed by atoms with Crippen LogP contribution in [0.25, 0.3) is 94.3 Å². The first kappa shape index (κ1) is 40.5. The lowest BCUT2D eigenvalue weighted by Crippen LogP contribution is -2.12. The molecule has 320 valence electrons. The van der Waals surface area contributed by atoms with Gasteiger partial charge >= 0.3 is 0 Å². The third-order valence-corrected chi connectivity index (χ3v) is 13.2. The molecule has 1 heterocycles. The lowest BCUT2D eigenvalue weighted by atomic mass is 9.87. The average Bonchev–Trinajstić information content (AvgIpc) is 3.76. The van der Waals surface area contributed by atoms with Crippen molar-refractivity contribution in [2.45, 2.75) is 0 Å². The van der Waals surface area contributed by atoms with Crippen LogP contribution < -0.4 is 4.90 Å². The summed E-state index contributed by atoms with van der Waals surface area (Å²) in [5, 5.41) is 2.52. The first-order chi connectivity index (χ1) is 33.7. The van der Waals surface area contributed by atoms with Crippen molar-refractivity contribution in [3.05, 3.63) is 279 Å². The monoisotopic (exact) mass is 866 g/mol. The van der Waals surface area contributed by atoms with Crippen LogP contribution in [0.15, 0.2) is 279 Å². The summed E-state index contributed by atoms with van der Waals surface area (Å²) in [5.41, 5.74) is 20.9. The van der Waals surface area contributed by atoms with Crippen molar-refractivity contribution in [3.8, 4) is 72.4 Å². The van der Waals surface area contributed by atoms with E-state index < -0.39 is 0 Å². The number of nitrogens with zero attached hydrogens (tertiary/aromatic N) is 2. The molecule has 0 atom stereocenters. The molecular weight excluding hydrogens is 821 g/mol. The van der Waals surface area contributed by atoms with Crippen LogP contribution in [0.5, 0.6) is 0 Å². The molecule has 2 nitrogen and oxygen atoms in total. The van der Waals surface area contributed by atoms with Gasteiger partial charge in [0.15, 0.2) is 0 Å². The molecule has 0 saturated carbocycles. The van der Waals surface area contributed by atoms with Crippen LogP contribution >= 0.6 is 0 Å². The van der Waals surface area contributed by atoms with Crippen LogP contribution in [0.2, 0.25) is 0 Å². The highest BCUT2D eigenvalue weighted by molar-refractivity contribution is 6.09. The number of anilines is 3. The summed E-state index contributed by atoms with van der Waals surface area (Å²) in [7, 11) is 0. The predicted molar refractivity (Wildman–Crippen MR) is 288 cm³/mol. The van der Waals surface area contributed by atoms with E-state index in [1.807, 2.05) is 0 Å². The van der Waals surface area contributed by atoms with Crippen LogP contribution in [0.1, 0.15) is 0 Å². The third-order valence-electron chi connectivity index (χ3n) is 13.2. The van der Waals surface area contributed by atoms with Gasteiger partial charge in [0.25, 0.3) is 0 Å². The maximum Gasteiger partial charge on any atom is 0.0546 e. The molecule has 0 aliphatic rings. The van der Waals surface area contributed by atoms with E-state index in [4.69, 9.17) is 0 Å². The molecule has 0 N–H and O–H groups in total. The molecule has 0 spiro atoms. The minimum atomic E-state index is 1.07. The molecule has 12 aromatic rings. The molecule has 0 amide bonds. The van der Waals surface area contributed by atoms with E-state index in [-0.39, 0.29) is 0 Å². The summed E-state index contributed by atoms with van der Waals surface area (Å²) in [6.07, 6.45) is 0. The van der Waals surface area contributed by atoms with Crippen LogP contribution in [0.4, 0.5) is 17.1 Å². The van der Waals surface area contributed by atoms with Crippen molar-refractivity contribution in [1.29, 1.82) is 0 Å². The number of benzene rings is 11. The zero-order chi connectivity index (χ0) is 45.2. The van der Waals surface area contributed by atoms with Gasteiger partial charge in [0, 0.05) is 33.4 Å². The fourth-order valence-corrected chi connectivity index (χ4v) is 9.98.